The van der Waals surface area contributed by atoms with Crippen LogP contribution in [0.3, 0.4) is 0 Å². The number of nitrogens with zero attached hydrogens (tertiary/aromatic N) is 1. The lowest BCUT2D eigenvalue weighted by atomic mass is 9.98. The van der Waals surface area contributed by atoms with E-state index in [4.69, 9.17) is 9.15 Å². The first-order valence-electron chi connectivity index (χ1n) is 11.7. The highest BCUT2D eigenvalue weighted by molar-refractivity contribution is 5.97. The quantitative estimate of drug-likeness (QED) is 0.263. The van der Waals surface area contributed by atoms with Crippen LogP contribution < -0.4 is 9.64 Å². The third-order valence-electron chi connectivity index (χ3n) is 6.40. The predicted octanol–water partition coefficient (Wildman–Crippen LogP) is 8.97. The molecule has 3 aromatic carbocycles. The van der Waals surface area contributed by atoms with Gasteiger partial charge in [-0.25, -0.2) is 0 Å². The van der Waals surface area contributed by atoms with Crippen molar-refractivity contribution in [3.8, 4) is 11.5 Å². The average molecular weight is 426 g/mol. The summed E-state index contributed by atoms with van der Waals surface area (Å²) in [5.74, 6) is 2.42. The Morgan fingerprint density at radius 3 is 2.28 bits per heavy atom. The van der Waals surface area contributed by atoms with Crippen molar-refractivity contribution in [3.63, 3.8) is 0 Å². The maximum Gasteiger partial charge on any atom is 0.249 e. The summed E-state index contributed by atoms with van der Waals surface area (Å²) in [6, 6.07) is 17.3. The monoisotopic (exact) mass is 425 g/mol. The number of anilines is 3. The lowest BCUT2D eigenvalue weighted by molar-refractivity contribution is 0.463. The van der Waals surface area contributed by atoms with Crippen molar-refractivity contribution >= 4 is 28.2 Å². The number of hydrogen-bond donors (Lipinski definition) is 0. The minimum absolute atomic E-state index is 0.756. The maximum atomic E-state index is 6.45. The van der Waals surface area contributed by atoms with E-state index in [2.05, 4.69) is 82.0 Å². The number of rotatable bonds is 5. The van der Waals surface area contributed by atoms with Gasteiger partial charge in [-0.05, 0) is 87.1 Å². The number of furan rings is 1. The van der Waals surface area contributed by atoms with E-state index in [1.54, 1.807) is 0 Å². The van der Waals surface area contributed by atoms with Crippen molar-refractivity contribution in [2.24, 2.45) is 0 Å². The van der Waals surface area contributed by atoms with Crippen molar-refractivity contribution in [1.82, 2.24) is 0 Å². The number of aryl methyl sites for hydroxylation is 5. The summed E-state index contributed by atoms with van der Waals surface area (Å²) in [6.45, 7) is 10.9. The molecule has 164 valence electrons. The van der Waals surface area contributed by atoms with Crippen LogP contribution in [0.15, 0.2) is 52.9 Å². The first-order valence-corrected chi connectivity index (χ1v) is 11.7. The summed E-state index contributed by atoms with van der Waals surface area (Å²) >= 11 is 0. The number of ether oxygens (including phenoxy) is 1. The van der Waals surface area contributed by atoms with E-state index in [1.165, 1.54) is 52.8 Å². The average Bonchev–Trinajstić information content (AvgIpc) is 3.10. The highest BCUT2D eigenvalue weighted by atomic mass is 16.5. The van der Waals surface area contributed by atoms with Gasteiger partial charge in [0.15, 0.2) is 11.5 Å². The van der Waals surface area contributed by atoms with Gasteiger partial charge in [0.05, 0.1) is 16.8 Å². The lowest BCUT2D eigenvalue weighted by Gasteiger charge is -2.32. The van der Waals surface area contributed by atoms with Crippen molar-refractivity contribution in [2.75, 3.05) is 4.90 Å². The second-order valence-electron chi connectivity index (χ2n) is 9.18. The molecule has 0 atom stereocenters. The fraction of sp³-hybridized carbons (Fsp3) is 0.310. The molecule has 0 unspecified atom stereocenters. The minimum atomic E-state index is 0.756. The molecule has 0 fully saturated rings. The summed E-state index contributed by atoms with van der Waals surface area (Å²) in [5.41, 5.74) is 9.33. The predicted molar refractivity (Wildman–Crippen MR) is 133 cm³/mol. The summed E-state index contributed by atoms with van der Waals surface area (Å²) in [4.78, 5) is 2.25. The van der Waals surface area contributed by atoms with E-state index in [-0.39, 0.29) is 0 Å². The minimum Gasteiger partial charge on any atom is -0.449 e. The Bertz CT molecular complexity index is 1290. The zero-order valence-corrected chi connectivity index (χ0v) is 19.7. The van der Waals surface area contributed by atoms with Gasteiger partial charge >= 0.3 is 0 Å². The molecule has 32 heavy (non-hydrogen) atoms. The summed E-state index contributed by atoms with van der Waals surface area (Å²) < 4.78 is 12.9. The van der Waals surface area contributed by atoms with Crippen molar-refractivity contribution in [1.29, 1.82) is 0 Å². The molecule has 1 aliphatic heterocycles. The first kappa shape index (κ1) is 20.7. The molecule has 0 saturated heterocycles. The van der Waals surface area contributed by atoms with E-state index in [1.807, 2.05) is 6.07 Å². The molecule has 3 heteroatoms. The number of hydrogen-bond acceptors (Lipinski definition) is 3. The van der Waals surface area contributed by atoms with Gasteiger partial charge in [-0.2, -0.15) is 0 Å². The maximum absolute atomic E-state index is 6.45. The van der Waals surface area contributed by atoms with E-state index in [0.717, 1.165) is 40.5 Å². The van der Waals surface area contributed by atoms with E-state index in [9.17, 15) is 0 Å². The van der Waals surface area contributed by atoms with Gasteiger partial charge in [-0.3, -0.25) is 4.90 Å². The third kappa shape index (κ3) is 3.46. The van der Waals surface area contributed by atoms with E-state index >= 15 is 0 Å². The molecule has 3 nitrogen and oxygen atoms in total. The van der Waals surface area contributed by atoms with E-state index < -0.39 is 0 Å². The van der Waals surface area contributed by atoms with Gasteiger partial charge in [0.2, 0.25) is 5.88 Å². The Hall–Kier alpha value is -3.20. The molecule has 0 aliphatic carbocycles. The van der Waals surface area contributed by atoms with Crippen LogP contribution in [0, 0.1) is 27.7 Å². The summed E-state index contributed by atoms with van der Waals surface area (Å²) in [5, 5.41) is 1.02. The molecule has 1 aromatic heterocycles. The zero-order chi connectivity index (χ0) is 22.4. The van der Waals surface area contributed by atoms with Gasteiger partial charge in [-0.15, -0.1) is 0 Å². The Morgan fingerprint density at radius 2 is 1.53 bits per heavy atom. The van der Waals surface area contributed by atoms with Crippen LogP contribution in [0.25, 0.3) is 11.0 Å². The van der Waals surface area contributed by atoms with Crippen LogP contribution in [0.1, 0.15) is 54.0 Å². The Morgan fingerprint density at radius 1 is 0.812 bits per heavy atom. The Labute approximate surface area is 190 Å². The molecule has 0 radical (unpaired) electrons. The second kappa shape index (κ2) is 8.05. The van der Waals surface area contributed by atoms with Crippen LogP contribution in [0.5, 0.6) is 11.5 Å². The standard InChI is InChI=1S/C29H31NO2/c1-6-7-8-9-22-16-20(4)27(21(5)17-22)30-24-12-10-19(3)15-26(24)31-28-23-14-18(2)11-13-25(23)32-29(28)30/h10-17H,6-9H2,1-5H3. The number of benzene rings is 3. The molecule has 5 rings (SSSR count). The van der Waals surface area contributed by atoms with Crippen molar-refractivity contribution in [2.45, 2.75) is 60.3 Å². The Kier molecular flexibility index (Phi) is 5.21. The molecule has 0 saturated carbocycles. The first-order chi connectivity index (χ1) is 15.5. The molecule has 0 bridgehead atoms. The van der Waals surface area contributed by atoms with Crippen LogP contribution in [-0.2, 0) is 6.42 Å². The van der Waals surface area contributed by atoms with Gasteiger partial charge in [0.25, 0.3) is 0 Å². The molecule has 1 aliphatic rings. The molecule has 2 heterocycles. The second-order valence-corrected chi connectivity index (χ2v) is 9.18. The van der Waals surface area contributed by atoms with Crippen molar-refractivity contribution < 1.29 is 9.15 Å². The van der Waals surface area contributed by atoms with Crippen LogP contribution >= 0.6 is 0 Å². The van der Waals surface area contributed by atoms with Crippen LogP contribution in [0.2, 0.25) is 0 Å². The highest BCUT2D eigenvalue weighted by Crippen LogP contribution is 2.55. The van der Waals surface area contributed by atoms with Gasteiger partial charge in [-0.1, -0.05) is 49.6 Å². The Balaban J connectivity index is 1.70. The number of fused-ring (bicyclic) bond motifs is 4. The summed E-state index contributed by atoms with van der Waals surface area (Å²) in [6.07, 6.45) is 4.89. The van der Waals surface area contributed by atoms with Crippen LogP contribution in [-0.4, -0.2) is 0 Å². The van der Waals surface area contributed by atoms with Crippen LogP contribution in [0.4, 0.5) is 17.3 Å². The molecule has 0 amide bonds. The molecular formula is C29H31NO2. The topological polar surface area (TPSA) is 25.6 Å². The van der Waals surface area contributed by atoms with E-state index in [0.29, 0.717) is 0 Å². The highest BCUT2D eigenvalue weighted by Gasteiger charge is 2.33. The smallest absolute Gasteiger partial charge is 0.249 e. The fourth-order valence-corrected chi connectivity index (χ4v) is 4.87. The fourth-order valence-electron chi connectivity index (χ4n) is 4.87. The van der Waals surface area contributed by atoms with Gasteiger partial charge in [0, 0.05) is 0 Å². The molecule has 0 spiro atoms. The molecule has 0 N–H and O–H groups in total. The van der Waals surface area contributed by atoms with Gasteiger partial charge in [0.1, 0.15) is 5.58 Å². The molecule has 4 aromatic rings. The van der Waals surface area contributed by atoms with Gasteiger partial charge < -0.3 is 9.15 Å². The number of unbranched alkanes of at least 4 members (excludes halogenated alkanes) is 2. The SMILES string of the molecule is CCCCCc1cc(C)c(N2c3ccc(C)cc3Oc3c2oc2ccc(C)cc32)c(C)c1. The van der Waals surface area contributed by atoms with Crippen molar-refractivity contribution in [3.05, 3.63) is 76.3 Å². The third-order valence-corrected chi connectivity index (χ3v) is 6.40. The largest absolute Gasteiger partial charge is 0.449 e. The zero-order valence-electron chi connectivity index (χ0n) is 19.7. The lowest BCUT2D eigenvalue weighted by Crippen LogP contribution is -2.17. The molecular weight excluding hydrogens is 394 g/mol. The normalized spacial score (nSPS) is 12.6. The summed E-state index contributed by atoms with van der Waals surface area (Å²) in [7, 11) is 0.